The Morgan fingerprint density at radius 3 is 2.50 bits per heavy atom. The summed E-state index contributed by atoms with van der Waals surface area (Å²) in [5.41, 5.74) is 0. The van der Waals surface area contributed by atoms with Gasteiger partial charge >= 0.3 is 0 Å². The summed E-state index contributed by atoms with van der Waals surface area (Å²) in [4.78, 5) is 20.8. The number of nitrogens with zero attached hydrogens (tertiary/aromatic N) is 1. The predicted octanol–water partition coefficient (Wildman–Crippen LogP) is 1.80. The minimum atomic E-state index is -0.592. The molecule has 0 saturated heterocycles. The number of ketones is 1. The third-order valence-electron chi connectivity index (χ3n) is 1.73. The maximum atomic E-state index is 10.9. The lowest BCUT2D eigenvalue weighted by Gasteiger charge is -2.01. The van der Waals surface area contributed by atoms with Gasteiger partial charge in [-0.1, -0.05) is 6.92 Å². The molecule has 0 aromatic heterocycles. The smallest absolute Gasteiger partial charge is 0.210 e. The van der Waals surface area contributed by atoms with Crippen molar-refractivity contribution in [3.8, 4) is 0 Å². The Morgan fingerprint density at radius 2 is 2.08 bits per heavy atom. The highest BCUT2D eigenvalue weighted by molar-refractivity contribution is 5.78. The first-order chi connectivity index (χ1) is 5.57. The van der Waals surface area contributed by atoms with E-state index in [1.807, 2.05) is 6.92 Å². The van der Waals surface area contributed by atoms with Crippen LogP contribution in [0.1, 0.15) is 39.5 Å². The quantitative estimate of drug-likeness (QED) is 0.454. The Kier molecular flexibility index (Phi) is 5.25. The molecule has 1 atom stereocenters. The molecule has 4 nitrogen and oxygen atoms in total. The number of rotatable bonds is 6. The molecule has 0 fully saturated rings. The number of carbonyl (C=O) groups is 1. The fraction of sp³-hybridized carbons (Fsp3) is 0.875. The summed E-state index contributed by atoms with van der Waals surface area (Å²) < 4.78 is 0. The molecule has 0 aromatic rings. The van der Waals surface area contributed by atoms with Crippen LogP contribution in [0.2, 0.25) is 0 Å². The first-order valence-electron chi connectivity index (χ1n) is 4.23. The molecule has 0 amide bonds. The number of nitro groups is 1. The van der Waals surface area contributed by atoms with Gasteiger partial charge in [-0.15, -0.1) is 0 Å². The SMILES string of the molecule is CCCC(=O)CCC(C)[N+](=O)[O-]. The highest BCUT2D eigenvalue weighted by atomic mass is 16.6. The van der Waals surface area contributed by atoms with Crippen molar-refractivity contribution >= 4 is 5.78 Å². The zero-order chi connectivity index (χ0) is 9.56. The van der Waals surface area contributed by atoms with Crippen LogP contribution in [-0.4, -0.2) is 16.7 Å². The van der Waals surface area contributed by atoms with Gasteiger partial charge in [0.15, 0.2) is 0 Å². The summed E-state index contributed by atoms with van der Waals surface area (Å²) in [6, 6.07) is -0.592. The van der Waals surface area contributed by atoms with E-state index >= 15 is 0 Å². The molecule has 0 bridgehead atoms. The van der Waals surface area contributed by atoms with Crippen LogP contribution in [0.25, 0.3) is 0 Å². The highest BCUT2D eigenvalue weighted by Crippen LogP contribution is 2.03. The molecule has 0 N–H and O–H groups in total. The van der Waals surface area contributed by atoms with Gasteiger partial charge in [0.05, 0.1) is 0 Å². The molecule has 1 unspecified atom stereocenters. The summed E-state index contributed by atoms with van der Waals surface area (Å²) in [6.07, 6.45) is 2.08. The van der Waals surface area contributed by atoms with E-state index in [1.54, 1.807) is 0 Å². The largest absolute Gasteiger partial charge is 0.300 e. The van der Waals surface area contributed by atoms with Gasteiger partial charge in [-0.05, 0) is 6.42 Å². The average molecular weight is 173 g/mol. The van der Waals surface area contributed by atoms with E-state index in [0.29, 0.717) is 19.3 Å². The summed E-state index contributed by atoms with van der Waals surface area (Å²) in [7, 11) is 0. The van der Waals surface area contributed by atoms with E-state index < -0.39 is 6.04 Å². The highest BCUT2D eigenvalue weighted by Gasteiger charge is 2.13. The number of hydrogen-bond acceptors (Lipinski definition) is 3. The monoisotopic (exact) mass is 173 g/mol. The van der Waals surface area contributed by atoms with Gasteiger partial charge in [0, 0.05) is 31.1 Å². The second kappa shape index (κ2) is 5.69. The molecule has 0 aliphatic rings. The molecular formula is C8H15NO3. The summed E-state index contributed by atoms with van der Waals surface area (Å²) >= 11 is 0. The average Bonchev–Trinajstić information content (AvgIpc) is 2.00. The van der Waals surface area contributed by atoms with Crippen molar-refractivity contribution in [3.05, 3.63) is 10.1 Å². The van der Waals surface area contributed by atoms with E-state index in [1.165, 1.54) is 6.92 Å². The minimum Gasteiger partial charge on any atom is -0.300 e. The first kappa shape index (κ1) is 11.1. The van der Waals surface area contributed by atoms with Gasteiger partial charge in [-0.2, -0.15) is 0 Å². The van der Waals surface area contributed by atoms with Crippen molar-refractivity contribution in [3.63, 3.8) is 0 Å². The van der Waals surface area contributed by atoms with Crippen molar-refractivity contribution in [2.75, 3.05) is 0 Å². The van der Waals surface area contributed by atoms with E-state index in [2.05, 4.69) is 0 Å². The lowest BCUT2D eigenvalue weighted by atomic mass is 10.1. The molecule has 0 heterocycles. The van der Waals surface area contributed by atoms with E-state index in [0.717, 1.165) is 6.42 Å². The van der Waals surface area contributed by atoms with E-state index in [-0.39, 0.29) is 10.7 Å². The van der Waals surface area contributed by atoms with Crippen molar-refractivity contribution < 1.29 is 9.72 Å². The lowest BCUT2D eigenvalue weighted by Crippen LogP contribution is -2.16. The molecule has 70 valence electrons. The molecule has 0 aliphatic heterocycles. The van der Waals surface area contributed by atoms with Crippen molar-refractivity contribution in [1.82, 2.24) is 0 Å². The van der Waals surface area contributed by atoms with Gasteiger partial charge in [0.25, 0.3) is 0 Å². The van der Waals surface area contributed by atoms with Crippen LogP contribution in [0.5, 0.6) is 0 Å². The van der Waals surface area contributed by atoms with Gasteiger partial charge in [-0.3, -0.25) is 14.9 Å². The third-order valence-corrected chi connectivity index (χ3v) is 1.73. The summed E-state index contributed by atoms with van der Waals surface area (Å²) in [5.74, 6) is 0.131. The molecule has 12 heavy (non-hydrogen) atoms. The molecule has 0 spiro atoms. The first-order valence-corrected chi connectivity index (χ1v) is 4.23. The van der Waals surface area contributed by atoms with Crippen LogP contribution in [0.15, 0.2) is 0 Å². The number of Topliss-reactive ketones (excluding diaryl/α,β-unsaturated/α-hetero) is 1. The van der Waals surface area contributed by atoms with E-state index in [9.17, 15) is 14.9 Å². The van der Waals surface area contributed by atoms with Crippen LogP contribution in [-0.2, 0) is 4.79 Å². The Balaban J connectivity index is 3.54. The van der Waals surface area contributed by atoms with Gasteiger partial charge in [-0.25, -0.2) is 0 Å². The van der Waals surface area contributed by atoms with Crippen LogP contribution < -0.4 is 0 Å². The number of hydrogen-bond donors (Lipinski definition) is 0. The Hall–Kier alpha value is -0.930. The maximum absolute atomic E-state index is 10.9. The Morgan fingerprint density at radius 1 is 1.50 bits per heavy atom. The van der Waals surface area contributed by atoms with E-state index in [4.69, 9.17) is 0 Å². The topological polar surface area (TPSA) is 60.2 Å². The van der Waals surface area contributed by atoms with Gasteiger partial charge in [0.1, 0.15) is 5.78 Å². The standard InChI is InChI=1S/C8H15NO3/c1-3-4-8(10)6-5-7(2)9(11)12/h7H,3-6H2,1-2H3. The Bertz CT molecular complexity index is 168. The molecular weight excluding hydrogens is 158 g/mol. The fourth-order valence-electron chi connectivity index (χ4n) is 0.879. The summed E-state index contributed by atoms with van der Waals surface area (Å²) in [6.45, 7) is 3.45. The van der Waals surface area contributed by atoms with Crippen LogP contribution in [0, 0.1) is 10.1 Å². The van der Waals surface area contributed by atoms with Crippen LogP contribution >= 0.6 is 0 Å². The zero-order valence-electron chi connectivity index (χ0n) is 7.58. The summed E-state index contributed by atoms with van der Waals surface area (Å²) in [5, 5.41) is 10.2. The minimum absolute atomic E-state index is 0.131. The second-order valence-electron chi connectivity index (χ2n) is 2.96. The van der Waals surface area contributed by atoms with Crippen LogP contribution in [0.4, 0.5) is 0 Å². The maximum Gasteiger partial charge on any atom is 0.210 e. The van der Waals surface area contributed by atoms with Crippen LogP contribution in [0.3, 0.4) is 0 Å². The Labute approximate surface area is 72.1 Å². The third kappa shape index (κ3) is 4.82. The second-order valence-corrected chi connectivity index (χ2v) is 2.96. The molecule has 0 saturated carbocycles. The zero-order valence-corrected chi connectivity index (χ0v) is 7.58. The molecule has 0 aliphatic carbocycles. The molecule has 4 heteroatoms. The predicted molar refractivity (Wildman–Crippen MR) is 45.6 cm³/mol. The van der Waals surface area contributed by atoms with Crippen molar-refractivity contribution in [2.24, 2.45) is 0 Å². The molecule has 0 radical (unpaired) electrons. The molecule has 0 aromatic carbocycles. The fourth-order valence-corrected chi connectivity index (χ4v) is 0.879. The number of carbonyl (C=O) groups excluding carboxylic acids is 1. The van der Waals surface area contributed by atoms with Crippen molar-refractivity contribution in [1.29, 1.82) is 0 Å². The molecule has 0 rings (SSSR count). The van der Waals surface area contributed by atoms with Gasteiger partial charge < -0.3 is 0 Å². The lowest BCUT2D eigenvalue weighted by molar-refractivity contribution is -0.518. The van der Waals surface area contributed by atoms with Gasteiger partial charge in [0.2, 0.25) is 6.04 Å². The normalized spacial score (nSPS) is 12.5. The van der Waals surface area contributed by atoms with Crippen molar-refractivity contribution in [2.45, 2.75) is 45.6 Å².